The van der Waals surface area contributed by atoms with E-state index in [2.05, 4.69) is 0 Å². The maximum absolute atomic E-state index is 14.2. The van der Waals surface area contributed by atoms with Gasteiger partial charge in [0.2, 0.25) is 5.60 Å². The highest BCUT2D eigenvalue weighted by Crippen LogP contribution is 2.31. The summed E-state index contributed by atoms with van der Waals surface area (Å²) in [6.07, 6.45) is -4.42. The molecule has 0 aliphatic heterocycles. The van der Waals surface area contributed by atoms with Gasteiger partial charge in [0.1, 0.15) is 5.82 Å². The summed E-state index contributed by atoms with van der Waals surface area (Å²) in [6.45, 7) is 0.174. The zero-order valence-corrected chi connectivity index (χ0v) is 17.5. The number of sulfone groups is 1. The molecule has 0 unspecified atom stereocenters. The van der Waals surface area contributed by atoms with Crippen molar-refractivity contribution in [1.82, 2.24) is 0 Å². The Balaban J connectivity index is 2.29. The minimum absolute atomic E-state index is 0.137. The van der Waals surface area contributed by atoms with E-state index in [9.17, 15) is 44.3 Å². The zero-order chi connectivity index (χ0) is 23.8. The zero-order valence-electron chi connectivity index (χ0n) is 15.9. The molecule has 2 aromatic rings. The number of benzene rings is 2. The van der Waals surface area contributed by atoms with E-state index >= 15 is 0 Å². The van der Waals surface area contributed by atoms with Gasteiger partial charge in [-0.3, -0.25) is 9.52 Å². The lowest BCUT2D eigenvalue weighted by atomic mass is 10.1. The van der Waals surface area contributed by atoms with Crippen LogP contribution in [0.3, 0.4) is 0 Å². The number of halogens is 4. The van der Waals surface area contributed by atoms with Gasteiger partial charge in [-0.15, -0.1) is 0 Å². The maximum atomic E-state index is 14.2. The number of hydrogen-bond donors (Lipinski definition) is 3. The molecule has 8 nitrogen and oxygen atoms in total. The molecule has 1 atom stereocenters. The fraction of sp³-hybridized carbons (Fsp3) is 0.235. The van der Waals surface area contributed by atoms with Crippen LogP contribution in [0.25, 0.3) is 0 Å². The standard InChI is InChI=1S/C17H16F4N2O6S2/c1-16(25,17(19,20)21)15(24)22-14-7-6-12(9-13(14)18)31(28,29)23-10-4-3-5-11(8-10)30(2,26)27/h3-9,23,25H,1-2H3,(H,22,24)/t16-/m1/s1. The minimum atomic E-state index is -5.33. The molecule has 0 saturated carbocycles. The molecule has 0 aliphatic rings. The van der Waals surface area contributed by atoms with Crippen molar-refractivity contribution in [3.05, 3.63) is 48.3 Å². The number of nitrogens with one attached hydrogen (secondary N) is 2. The molecule has 0 saturated heterocycles. The Kier molecular flexibility index (Phi) is 6.41. The molecule has 14 heteroatoms. The monoisotopic (exact) mass is 484 g/mol. The highest BCUT2D eigenvalue weighted by Gasteiger charge is 2.55. The van der Waals surface area contributed by atoms with Crippen molar-refractivity contribution in [3.8, 4) is 0 Å². The number of hydrogen-bond acceptors (Lipinski definition) is 6. The molecule has 2 aromatic carbocycles. The van der Waals surface area contributed by atoms with Crippen LogP contribution in [0.5, 0.6) is 0 Å². The normalized spacial score (nSPS) is 14.5. The summed E-state index contributed by atoms with van der Waals surface area (Å²) in [7, 11) is -8.05. The number of rotatable bonds is 6. The number of aliphatic hydroxyl groups is 1. The van der Waals surface area contributed by atoms with Crippen LogP contribution in [0.4, 0.5) is 28.9 Å². The van der Waals surface area contributed by atoms with Crippen molar-refractivity contribution in [2.24, 2.45) is 0 Å². The van der Waals surface area contributed by atoms with Crippen LogP contribution >= 0.6 is 0 Å². The van der Waals surface area contributed by atoms with Crippen molar-refractivity contribution in [3.63, 3.8) is 0 Å². The first-order chi connectivity index (χ1) is 13.9. The summed E-state index contributed by atoms with van der Waals surface area (Å²) in [5, 5.41) is 10.8. The summed E-state index contributed by atoms with van der Waals surface area (Å²) >= 11 is 0. The molecule has 3 N–H and O–H groups in total. The van der Waals surface area contributed by atoms with Crippen molar-refractivity contribution in [1.29, 1.82) is 0 Å². The number of carbonyl (C=O) groups excluding carboxylic acids is 1. The van der Waals surface area contributed by atoms with Gasteiger partial charge in [0, 0.05) is 6.26 Å². The van der Waals surface area contributed by atoms with E-state index in [0.717, 1.165) is 18.4 Å². The summed E-state index contributed by atoms with van der Waals surface area (Å²) < 4.78 is 102. The lowest BCUT2D eigenvalue weighted by molar-refractivity contribution is -0.242. The number of anilines is 2. The Morgan fingerprint density at radius 1 is 1.00 bits per heavy atom. The molecule has 31 heavy (non-hydrogen) atoms. The van der Waals surface area contributed by atoms with Gasteiger partial charge >= 0.3 is 6.18 Å². The Hall–Kier alpha value is -2.71. The topological polar surface area (TPSA) is 130 Å². The third kappa shape index (κ3) is 5.51. The molecule has 0 aliphatic carbocycles. The van der Waals surface area contributed by atoms with E-state index in [1.165, 1.54) is 18.2 Å². The fourth-order valence-electron chi connectivity index (χ4n) is 2.14. The molecule has 0 spiro atoms. The van der Waals surface area contributed by atoms with E-state index < -0.39 is 53.9 Å². The second-order valence-corrected chi connectivity index (χ2v) is 10.3. The maximum Gasteiger partial charge on any atom is 0.426 e. The van der Waals surface area contributed by atoms with Crippen molar-refractivity contribution >= 4 is 37.1 Å². The first-order valence-corrected chi connectivity index (χ1v) is 11.6. The molecule has 1 amide bonds. The molecule has 0 fully saturated rings. The number of carbonyl (C=O) groups is 1. The largest absolute Gasteiger partial charge is 0.426 e. The predicted molar refractivity (Wildman–Crippen MR) is 102 cm³/mol. The van der Waals surface area contributed by atoms with Gasteiger partial charge in [-0.2, -0.15) is 13.2 Å². The highest BCUT2D eigenvalue weighted by molar-refractivity contribution is 7.92. The van der Waals surface area contributed by atoms with Crippen LogP contribution in [0, 0.1) is 5.82 Å². The van der Waals surface area contributed by atoms with Crippen LogP contribution in [0.2, 0.25) is 0 Å². The van der Waals surface area contributed by atoms with Gasteiger partial charge in [0.25, 0.3) is 15.9 Å². The Labute approximate surface area is 174 Å². The number of alkyl halides is 3. The summed E-state index contributed by atoms with van der Waals surface area (Å²) in [4.78, 5) is 10.8. The first kappa shape index (κ1) is 24.6. The van der Waals surface area contributed by atoms with Crippen molar-refractivity contribution in [2.45, 2.75) is 28.5 Å². The van der Waals surface area contributed by atoms with Crippen LogP contribution in [0.1, 0.15) is 6.92 Å². The Bertz CT molecular complexity index is 1230. The lowest BCUT2D eigenvalue weighted by Gasteiger charge is -2.25. The lowest BCUT2D eigenvalue weighted by Crippen LogP contribution is -2.52. The van der Waals surface area contributed by atoms with Gasteiger partial charge in [-0.25, -0.2) is 21.2 Å². The third-order valence-electron chi connectivity index (χ3n) is 4.01. The van der Waals surface area contributed by atoms with Gasteiger partial charge < -0.3 is 10.4 Å². The second kappa shape index (κ2) is 8.09. The van der Waals surface area contributed by atoms with E-state index in [1.807, 2.05) is 4.72 Å². The molecule has 0 bridgehead atoms. The third-order valence-corrected chi connectivity index (χ3v) is 6.50. The molecule has 2 rings (SSSR count). The average Bonchev–Trinajstić information content (AvgIpc) is 2.61. The SMILES string of the molecule is C[C@@](O)(C(=O)Nc1ccc(S(=O)(=O)Nc2cccc(S(C)(=O)=O)c2)cc1F)C(F)(F)F. The van der Waals surface area contributed by atoms with E-state index in [0.29, 0.717) is 12.1 Å². The quantitative estimate of drug-likeness (QED) is 0.540. The predicted octanol–water partition coefficient (Wildman–Crippen LogP) is 2.28. The van der Waals surface area contributed by atoms with E-state index in [-0.39, 0.29) is 17.5 Å². The van der Waals surface area contributed by atoms with Gasteiger partial charge in [-0.1, -0.05) is 6.07 Å². The average molecular weight is 484 g/mol. The number of sulfonamides is 1. The molecule has 0 heterocycles. The van der Waals surface area contributed by atoms with Crippen LogP contribution < -0.4 is 10.0 Å². The highest BCUT2D eigenvalue weighted by atomic mass is 32.2. The van der Waals surface area contributed by atoms with E-state index in [1.54, 1.807) is 5.32 Å². The second-order valence-electron chi connectivity index (χ2n) is 6.57. The molecular weight excluding hydrogens is 468 g/mol. The molecule has 0 radical (unpaired) electrons. The summed E-state index contributed by atoms with van der Waals surface area (Å²) in [6, 6.07) is 6.72. The van der Waals surface area contributed by atoms with Crippen molar-refractivity contribution in [2.75, 3.05) is 16.3 Å². The van der Waals surface area contributed by atoms with Crippen LogP contribution in [-0.2, 0) is 24.7 Å². The molecule has 170 valence electrons. The number of amides is 1. The molecular formula is C17H16F4N2O6S2. The van der Waals surface area contributed by atoms with Crippen LogP contribution in [0.15, 0.2) is 52.3 Å². The van der Waals surface area contributed by atoms with Gasteiger partial charge in [0.05, 0.1) is 21.2 Å². The first-order valence-electron chi connectivity index (χ1n) is 8.18. The summed E-state index contributed by atoms with van der Waals surface area (Å²) in [5.74, 6) is -3.36. The van der Waals surface area contributed by atoms with Gasteiger partial charge in [0.15, 0.2) is 9.84 Å². The van der Waals surface area contributed by atoms with Crippen molar-refractivity contribution < 1.29 is 44.3 Å². The van der Waals surface area contributed by atoms with E-state index in [4.69, 9.17) is 0 Å². The van der Waals surface area contributed by atoms with Gasteiger partial charge in [-0.05, 0) is 43.3 Å². The Morgan fingerprint density at radius 3 is 2.13 bits per heavy atom. The Morgan fingerprint density at radius 2 is 1.61 bits per heavy atom. The fourth-order valence-corrected chi connectivity index (χ4v) is 3.87. The summed E-state index contributed by atoms with van der Waals surface area (Å²) in [5.41, 5.74) is -4.74. The minimum Gasteiger partial charge on any atom is -0.373 e. The molecule has 0 aromatic heterocycles. The van der Waals surface area contributed by atoms with Crippen LogP contribution in [-0.4, -0.2) is 45.9 Å². The smallest absolute Gasteiger partial charge is 0.373 e.